The van der Waals surface area contributed by atoms with Gasteiger partial charge in [-0.3, -0.25) is 4.79 Å². The fraction of sp³-hybridized carbons (Fsp3) is 0.111. The lowest BCUT2D eigenvalue weighted by atomic mass is 10.1. The third-order valence-corrected chi connectivity index (χ3v) is 4.25. The number of methoxy groups -OCH3 is 1. The van der Waals surface area contributed by atoms with Crippen LogP contribution >= 0.6 is 15.9 Å². The lowest BCUT2D eigenvalue weighted by Gasteiger charge is -2.13. The van der Waals surface area contributed by atoms with Crippen LogP contribution in [0.4, 0.5) is 0 Å². The maximum absolute atomic E-state index is 12.4. The molecule has 24 heavy (non-hydrogen) atoms. The molecule has 0 amide bonds. The van der Waals surface area contributed by atoms with E-state index in [4.69, 9.17) is 4.74 Å². The standard InChI is InChI=1S/C18H14BrNO4/c1-24-13-4-2-3-11(7-13)9-20-10-15(18(22)23)17(21)14-8-12(19)5-6-16(14)20/h2-8,10H,9H2,1H3,(H,22,23). The third kappa shape index (κ3) is 3.05. The molecule has 0 atom stereocenters. The summed E-state index contributed by atoms with van der Waals surface area (Å²) in [5.41, 5.74) is 0.888. The van der Waals surface area contributed by atoms with Gasteiger partial charge in [-0.2, -0.15) is 0 Å². The van der Waals surface area contributed by atoms with E-state index in [0.717, 1.165) is 15.8 Å². The molecule has 0 saturated carbocycles. The number of rotatable bonds is 4. The highest BCUT2D eigenvalue weighted by Gasteiger charge is 2.15. The Bertz CT molecular complexity index is 994. The first-order valence-electron chi connectivity index (χ1n) is 7.18. The first-order valence-corrected chi connectivity index (χ1v) is 7.98. The number of hydrogen-bond donors (Lipinski definition) is 1. The Morgan fingerprint density at radius 3 is 2.75 bits per heavy atom. The van der Waals surface area contributed by atoms with Crippen LogP contribution in [0.5, 0.6) is 5.75 Å². The molecule has 3 aromatic rings. The lowest BCUT2D eigenvalue weighted by Crippen LogP contribution is -2.19. The molecule has 0 bridgehead atoms. The van der Waals surface area contributed by atoms with E-state index in [9.17, 15) is 14.7 Å². The average molecular weight is 388 g/mol. The smallest absolute Gasteiger partial charge is 0.341 e. The highest BCUT2D eigenvalue weighted by atomic mass is 79.9. The van der Waals surface area contributed by atoms with E-state index in [0.29, 0.717) is 17.4 Å². The number of carboxylic acids is 1. The predicted octanol–water partition coefficient (Wildman–Crippen LogP) is 3.52. The second-order valence-corrected chi connectivity index (χ2v) is 6.23. The van der Waals surface area contributed by atoms with E-state index in [2.05, 4.69) is 15.9 Å². The van der Waals surface area contributed by atoms with Crippen molar-refractivity contribution < 1.29 is 14.6 Å². The highest BCUT2D eigenvalue weighted by Crippen LogP contribution is 2.20. The van der Waals surface area contributed by atoms with Crippen molar-refractivity contribution in [2.75, 3.05) is 7.11 Å². The monoisotopic (exact) mass is 387 g/mol. The van der Waals surface area contributed by atoms with Crippen molar-refractivity contribution in [3.63, 3.8) is 0 Å². The highest BCUT2D eigenvalue weighted by molar-refractivity contribution is 9.10. The molecule has 0 radical (unpaired) electrons. The molecule has 1 heterocycles. The third-order valence-electron chi connectivity index (χ3n) is 3.76. The number of hydrogen-bond acceptors (Lipinski definition) is 3. The van der Waals surface area contributed by atoms with E-state index in [1.165, 1.54) is 6.20 Å². The number of fused-ring (bicyclic) bond motifs is 1. The molecule has 0 spiro atoms. The lowest BCUT2D eigenvalue weighted by molar-refractivity contribution is 0.0695. The molecule has 0 fully saturated rings. The summed E-state index contributed by atoms with van der Waals surface area (Å²) in [4.78, 5) is 23.8. The number of aromatic nitrogens is 1. The molecular formula is C18H14BrNO4. The van der Waals surface area contributed by atoms with E-state index in [1.807, 2.05) is 30.3 Å². The minimum Gasteiger partial charge on any atom is -0.497 e. The van der Waals surface area contributed by atoms with E-state index < -0.39 is 11.4 Å². The van der Waals surface area contributed by atoms with Crippen molar-refractivity contribution in [2.24, 2.45) is 0 Å². The maximum Gasteiger partial charge on any atom is 0.341 e. The average Bonchev–Trinajstić information content (AvgIpc) is 2.57. The summed E-state index contributed by atoms with van der Waals surface area (Å²) < 4.78 is 7.71. The molecule has 0 aliphatic heterocycles. The first-order chi connectivity index (χ1) is 11.5. The van der Waals surface area contributed by atoms with Gasteiger partial charge in [-0.25, -0.2) is 4.79 Å². The Morgan fingerprint density at radius 2 is 2.04 bits per heavy atom. The number of carboxylic acid groups (broad SMARTS) is 1. The molecule has 122 valence electrons. The minimum absolute atomic E-state index is 0.247. The first kappa shape index (κ1) is 16.3. The van der Waals surface area contributed by atoms with Crippen LogP contribution in [0.1, 0.15) is 15.9 Å². The van der Waals surface area contributed by atoms with Crippen molar-refractivity contribution in [3.8, 4) is 5.75 Å². The van der Waals surface area contributed by atoms with Crippen LogP contribution in [-0.2, 0) is 6.54 Å². The van der Waals surface area contributed by atoms with E-state index in [1.54, 1.807) is 23.8 Å². The zero-order chi connectivity index (χ0) is 17.3. The second kappa shape index (κ2) is 6.49. The topological polar surface area (TPSA) is 68.5 Å². The maximum atomic E-state index is 12.4. The zero-order valence-corrected chi connectivity index (χ0v) is 14.4. The van der Waals surface area contributed by atoms with Crippen LogP contribution < -0.4 is 10.2 Å². The number of aromatic carboxylic acids is 1. The molecule has 2 aromatic carbocycles. The summed E-state index contributed by atoms with van der Waals surface area (Å²) in [6.45, 7) is 0.426. The Kier molecular flexibility index (Phi) is 4.40. The number of ether oxygens (including phenoxy) is 1. The number of halogens is 1. The minimum atomic E-state index is -1.23. The Morgan fingerprint density at radius 1 is 1.25 bits per heavy atom. The van der Waals surface area contributed by atoms with Crippen molar-refractivity contribution in [1.29, 1.82) is 0 Å². The summed E-state index contributed by atoms with van der Waals surface area (Å²) in [6, 6.07) is 12.8. The molecule has 0 aliphatic carbocycles. The van der Waals surface area contributed by atoms with Crippen LogP contribution in [0.2, 0.25) is 0 Å². The number of carbonyl (C=O) groups is 1. The number of nitrogens with zero attached hydrogens (tertiary/aromatic N) is 1. The van der Waals surface area contributed by atoms with Gasteiger partial charge in [0.2, 0.25) is 5.43 Å². The molecule has 0 saturated heterocycles. The summed E-state index contributed by atoms with van der Waals surface area (Å²) in [7, 11) is 1.59. The van der Waals surface area contributed by atoms with Gasteiger partial charge in [0.25, 0.3) is 0 Å². The van der Waals surface area contributed by atoms with Gasteiger partial charge < -0.3 is 14.4 Å². The molecule has 1 N–H and O–H groups in total. The van der Waals surface area contributed by atoms with Gasteiger partial charge in [0.15, 0.2) is 0 Å². The number of benzene rings is 2. The largest absolute Gasteiger partial charge is 0.497 e. The van der Waals surface area contributed by atoms with Crippen molar-refractivity contribution in [2.45, 2.75) is 6.54 Å². The fourth-order valence-corrected chi connectivity index (χ4v) is 2.98. The van der Waals surface area contributed by atoms with Gasteiger partial charge in [0.05, 0.1) is 12.6 Å². The SMILES string of the molecule is COc1cccc(Cn2cc(C(=O)O)c(=O)c3cc(Br)ccc32)c1. The summed E-state index contributed by atoms with van der Waals surface area (Å²) in [6.07, 6.45) is 1.39. The normalized spacial score (nSPS) is 10.8. The second-order valence-electron chi connectivity index (χ2n) is 5.32. The van der Waals surface area contributed by atoms with Gasteiger partial charge >= 0.3 is 5.97 Å². The predicted molar refractivity (Wildman–Crippen MR) is 95.0 cm³/mol. The van der Waals surface area contributed by atoms with Crippen molar-refractivity contribution in [1.82, 2.24) is 4.57 Å². The van der Waals surface area contributed by atoms with Gasteiger partial charge in [0.1, 0.15) is 11.3 Å². The Balaban J connectivity index is 2.21. The van der Waals surface area contributed by atoms with Gasteiger partial charge in [-0.1, -0.05) is 28.1 Å². The van der Waals surface area contributed by atoms with Crippen LogP contribution in [0.15, 0.2) is 57.9 Å². The molecule has 6 heteroatoms. The molecule has 1 aromatic heterocycles. The summed E-state index contributed by atoms with van der Waals surface area (Å²) in [5.74, 6) is -0.514. The van der Waals surface area contributed by atoms with E-state index >= 15 is 0 Å². The Labute approximate surface area is 146 Å². The molecule has 3 rings (SSSR count). The Hall–Kier alpha value is -2.60. The number of pyridine rings is 1. The fourth-order valence-electron chi connectivity index (χ4n) is 2.62. The van der Waals surface area contributed by atoms with Crippen LogP contribution in [0.25, 0.3) is 10.9 Å². The summed E-state index contributed by atoms with van der Waals surface area (Å²) in [5, 5.41) is 9.69. The summed E-state index contributed by atoms with van der Waals surface area (Å²) >= 11 is 3.33. The molecule has 0 unspecified atom stereocenters. The molecular weight excluding hydrogens is 374 g/mol. The van der Waals surface area contributed by atoms with Gasteiger partial charge in [0, 0.05) is 22.6 Å². The molecule has 5 nitrogen and oxygen atoms in total. The van der Waals surface area contributed by atoms with Gasteiger partial charge in [-0.15, -0.1) is 0 Å². The quantitative estimate of drug-likeness (QED) is 0.743. The van der Waals surface area contributed by atoms with Crippen molar-refractivity contribution >= 4 is 32.8 Å². The van der Waals surface area contributed by atoms with Crippen LogP contribution in [0, 0.1) is 0 Å². The van der Waals surface area contributed by atoms with Crippen LogP contribution in [0.3, 0.4) is 0 Å². The van der Waals surface area contributed by atoms with Crippen LogP contribution in [-0.4, -0.2) is 22.8 Å². The zero-order valence-electron chi connectivity index (χ0n) is 12.8. The van der Waals surface area contributed by atoms with Crippen molar-refractivity contribution in [3.05, 3.63) is 74.5 Å². The molecule has 0 aliphatic rings. The van der Waals surface area contributed by atoms with Gasteiger partial charge in [-0.05, 0) is 35.9 Å². The van der Waals surface area contributed by atoms with E-state index in [-0.39, 0.29) is 5.56 Å².